The predicted molar refractivity (Wildman–Crippen MR) is 71.5 cm³/mol. The summed E-state index contributed by atoms with van der Waals surface area (Å²) in [5, 5.41) is 14.8. The molecule has 0 aromatic heterocycles. The largest absolute Gasteiger partial charge is 0.409 e. The minimum absolute atomic E-state index is 0.159. The van der Waals surface area contributed by atoms with Crippen molar-refractivity contribution < 1.29 is 9.94 Å². The Kier molecular flexibility index (Phi) is 6.18. The zero-order valence-corrected chi connectivity index (χ0v) is 10.9. The third kappa shape index (κ3) is 5.16. The average molecular weight is 251 g/mol. The van der Waals surface area contributed by atoms with E-state index in [1.165, 1.54) is 5.56 Å². The maximum absolute atomic E-state index is 8.49. The van der Waals surface area contributed by atoms with Crippen LogP contribution in [0.3, 0.4) is 0 Å². The van der Waals surface area contributed by atoms with Crippen LogP contribution in [0.4, 0.5) is 0 Å². The van der Waals surface area contributed by atoms with E-state index in [2.05, 4.69) is 22.6 Å². The van der Waals surface area contributed by atoms with Crippen molar-refractivity contribution in [2.24, 2.45) is 10.9 Å². The zero-order chi connectivity index (χ0) is 13.4. The van der Waals surface area contributed by atoms with Gasteiger partial charge >= 0.3 is 0 Å². The van der Waals surface area contributed by atoms with Crippen LogP contribution >= 0.6 is 0 Å². The standard InChI is InChI=1S/C13H21N3O2/c1-10(6-13(14)16-17)15-8-11-4-3-5-12(7-11)9-18-2/h3-5,7,10,15,17H,6,8-9H2,1-2H3,(H2,14,16). The summed E-state index contributed by atoms with van der Waals surface area (Å²) in [6.07, 6.45) is 0.522. The minimum atomic E-state index is 0.159. The highest BCUT2D eigenvalue weighted by molar-refractivity contribution is 5.80. The van der Waals surface area contributed by atoms with E-state index in [0.29, 0.717) is 13.0 Å². The molecule has 5 heteroatoms. The molecule has 0 radical (unpaired) electrons. The number of ether oxygens (including phenoxy) is 1. The summed E-state index contributed by atoms with van der Waals surface area (Å²) in [5.74, 6) is 0.239. The highest BCUT2D eigenvalue weighted by Gasteiger charge is 2.04. The molecule has 4 N–H and O–H groups in total. The van der Waals surface area contributed by atoms with Gasteiger partial charge in [0.2, 0.25) is 0 Å². The van der Waals surface area contributed by atoms with Gasteiger partial charge < -0.3 is 21.0 Å². The lowest BCUT2D eigenvalue weighted by molar-refractivity contribution is 0.185. The smallest absolute Gasteiger partial charge is 0.140 e. The number of rotatable bonds is 7. The average Bonchev–Trinajstić information content (AvgIpc) is 2.37. The van der Waals surface area contributed by atoms with Crippen molar-refractivity contribution in [1.29, 1.82) is 0 Å². The van der Waals surface area contributed by atoms with Crippen molar-refractivity contribution in [3.63, 3.8) is 0 Å². The number of nitrogens with two attached hydrogens (primary N) is 1. The lowest BCUT2D eigenvalue weighted by Gasteiger charge is -2.13. The number of oxime groups is 1. The number of hydrogen-bond acceptors (Lipinski definition) is 4. The van der Waals surface area contributed by atoms with Gasteiger partial charge in [-0.2, -0.15) is 0 Å². The first kappa shape index (κ1) is 14.5. The molecule has 0 amide bonds. The number of hydrogen-bond donors (Lipinski definition) is 3. The van der Waals surface area contributed by atoms with Crippen molar-refractivity contribution in [2.45, 2.75) is 32.5 Å². The van der Waals surface area contributed by atoms with Crippen molar-refractivity contribution in [2.75, 3.05) is 7.11 Å². The van der Waals surface area contributed by atoms with Gasteiger partial charge in [0.05, 0.1) is 6.61 Å². The Morgan fingerprint density at radius 1 is 1.50 bits per heavy atom. The molecule has 1 aromatic carbocycles. The highest BCUT2D eigenvalue weighted by Crippen LogP contribution is 2.06. The number of methoxy groups -OCH3 is 1. The molecule has 1 atom stereocenters. The lowest BCUT2D eigenvalue weighted by Crippen LogP contribution is -2.30. The lowest BCUT2D eigenvalue weighted by atomic mass is 10.1. The van der Waals surface area contributed by atoms with Gasteiger partial charge in [-0.1, -0.05) is 29.4 Å². The molecule has 100 valence electrons. The fourth-order valence-electron chi connectivity index (χ4n) is 1.71. The van der Waals surface area contributed by atoms with Crippen LogP contribution in [0.1, 0.15) is 24.5 Å². The Bertz CT molecular complexity index is 394. The summed E-state index contributed by atoms with van der Waals surface area (Å²) in [6, 6.07) is 8.37. The van der Waals surface area contributed by atoms with E-state index < -0.39 is 0 Å². The predicted octanol–water partition coefficient (Wildman–Crippen LogP) is 1.45. The molecule has 0 spiro atoms. The van der Waals surface area contributed by atoms with Crippen LogP contribution in [0.2, 0.25) is 0 Å². The van der Waals surface area contributed by atoms with Crippen molar-refractivity contribution in [1.82, 2.24) is 5.32 Å². The number of amidine groups is 1. The van der Waals surface area contributed by atoms with Gasteiger partial charge in [-0.15, -0.1) is 0 Å². The zero-order valence-electron chi connectivity index (χ0n) is 10.9. The molecule has 0 aliphatic rings. The molecule has 0 bridgehead atoms. The van der Waals surface area contributed by atoms with Gasteiger partial charge in [-0.3, -0.25) is 0 Å². The molecule has 1 unspecified atom stereocenters. The van der Waals surface area contributed by atoms with Gasteiger partial charge in [-0.05, 0) is 18.1 Å². The van der Waals surface area contributed by atoms with Crippen molar-refractivity contribution in [3.05, 3.63) is 35.4 Å². The van der Waals surface area contributed by atoms with Gasteiger partial charge in [-0.25, -0.2) is 0 Å². The fraction of sp³-hybridized carbons (Fsp3) is 0.462. The summed E-state index contributed by atoms with van der Waals surface area (Å²) >= 11 is 0. The molecular weight excluding hydrogens is 230 g/mol. The monoisotopic (exact) mass is 251 g/mol. The van der Waals surface area contributed by atoms with Gasteiger partial charge in [0.1, 0.15) is 5.84 Å². The SMILES string of the molecule is COCc1cccc(CNC(C)CC(N)=NO)c1. The Morgan fingerprint density at radius 2 is 2.22 bits per heavy atom. The first-order valence-corrected chi connectivity index (χ1v) is 5.92. The Labute approximate surface area is 108 Å². The van der Waals surface area contributed by atoms with E-state index in [1.54, 1.807) is 7.11 Å². The minimum Gasteiger partial charge on any atom is -0.409 e. The summed E-state index contributed by atoms with van der Waals surface area (Å²) in [4.78, 5) is 0. The quantitative estimate of drug-likeness (QED) is 0.296. The fourth-order valence-corrected chi connectivity index (χ4v) is 1.71. The molecule has 0 aliphatic heterocycles. The first-order valence-electron chi connectivity index (χ1n) is 5.92. The van der Waals surface area contributed by atoms with Crippen LogP contribution in [0.15, 0.2) is 29.4 Å². The molecule has 5 nitrogen and oxygen atoms in total. The normalized spacial score (nSPS) is 13.6. The second-order valence-electron chi connectivity index (χ2n) is 4.33. The summed E-state index contributed by atoms with van der Waals surface area (Å²) in [7, 11) is 1.68. The number of benzene rings is 1. The Hall–Kier alpha value is -1.59. The third-order valence-electron chi connectivity index (χ3n) is 2.60. The molecule has 0 heterocycles. The Morgan fingerprint density at radius 3 is 2.89 bits per heavy atom. The molecule has 0 saturated carbocycles. The maximum Gasteiger partial charge on any atom is 0.140 e. The molecule has 0 saturated heterocycles. The van der Waals surface area contributed by atoms with E-state index in [1.807, 2.05) is 19.1 Å². The second-order valence-corrected chi connectivity index (χ2v) is 4.33. The van der Waals surface area contributed by atoms with E-state index in [0.717, 1.165) is 12.1 Å². The number of nitrogens with one attached hydrogen (secondary N) is 1. The topological polar surface area (TPSA) is 79.9 Å². The molecule has 1 rings (SSSR count). The van der Waals surface area contributed by atoms with Crippen molar-refractivity contribution in [3.8, 4) is 0 Å². The second kappa shape index (κ2) is 7.68. The van der Waals surface area contributed by atoms with Crippen molar-refractivity contribution >= 4 is 5.84 Å². The van der Waals surface area contributed by atoms with Crippen LogP contribution in [0.5, 0.6) is 0 Å². The maximum atomic E-state index is 8.49. The van der Waals surface area contributed by atoms with Crippen LogP contribution in [-0.2, 0) is 17.9 Å². The van der Waals surface area contributed by atoms with Gasteiger partial charge in [0.25, 0.3) is 0 Å². The first-order chi connectivity index (χ1) is 8.65. The van der Waals surface area contributed by atoms with Gasteiger partial charge in [0, 0.05) is 26.1 Å². The van der Waals surface area contributed by atoms with E-state index in [-0.39, 0.29) is 11.9 Å². The third-order valence-corrected chi connectivity index (χ3v) is 2.60. The number of nitrogens with zero attached hydrogens (tertiary/aromatic N) is 1. The summed E-state index contributed by atoms with van der Waals surface area (Å²) < 4.78 is 5.10. The molecule has 0 aliphatic carbocycles. The van der Waals surface area contributed by atoms with E-state index in [9.17, 15) is 0 Å². The van der Waals surface area contributed by atoms with E-state index >= 15 is 0 Å². The van der Waals surface area contributed by atoms with Crippen LogP contribution in [0.25, 0.3) is 0 Å². The van der Waals surface area contributed by atoms with Crippen LogP contribution in [-0.4, -0.2) is 24.2 Å². The molecule has 18 heavy (non-hydrogen) atoms. The molecular formula is C13H21N3O2. The molecule has 1 aromatic rings. The van der Waals surface area contributed by atoms with Crippen LogP contribution in [0, 0.1) is 0 Å². The van der Waals surface area contributed by atoms with Gasteiger partial charge in [0.15, 0.2) is 0 Å². The highest BCUT2D eigenvalue weighted by atomic mass is 16.5. The Balaban J connectivity index is 2.45. The molecule has 0 fully saturated rings. The van der Waals surface area contributed by atoms with E-state index in [4.69, 9.17) is 15.7 Å². The summed E-state index contributed by atoms with van der Waals surface area (Å²) in [6.45, 7) is 3.36. The van der Waals surface area contributed by atoms with Crippen LogP contribution < -0.4 is 11.1 Å². The summed E-state index contributed by atoms with van der Waals surface area (Å²) in [5.41, 5.74) is 7.79.